The van der Waals surface area contributed by atoms with Gasteiger partial charge in [-0.1, -0.05) is 83.2 Å². The van der Waals surface area contributed by atoms with E-state index in [9.17, 15) is 10.2 Å². The van der Waals surface area contributed by atoms with E-state index < -0.39 is 11.7 Å². The molecule has 3 unspecified atom stereocenters. The quantitative estimate of drug-likeness (QED) is 0.521. The van der Waals surface area contributed by atoms with E-state index in [4.69, 9.17) is 0 Å². The summed E-state index contributed by atoms with van der Waals surface area (Å²) in [5, 5.41) is 21.5. The van der Waals surface area contributed by atoms with Crippen molar-refractivity contribution in [3.05, 3.63) is 42.7 Å². The zero-order chi connectivity index (χ0) is 20.6. The summed E-state index contributed by atoms with van der Waals surface area (Å²) in [6, 6.07) is 9.93. The third kappa shape index (κ3) is 7.06. The molecule has 2 aromatic rings. The molecular formula is C24H38N2O2. The predicted molar refractivity (Wildman–Crippen MR) is 116 cm³/mol. The van der Waals surface area contributed by atoms with Crippen molar-refractivity contribution in [2.45, 2.75) is 84.5 Å². The minimum absolute atomic E-state index is 0.334. The molecule has 0 bridgehead atoms. The van der Waals surface area contributed by atoms with Crippen LogP contribution in [0.2, 0.25) is 0 Å². The van der Waals surface area contributed by atoms with E-state index in [0.717, 1.165) is 30.1 Å². The molecule has 0 radical (unpaired) electrons. The molecule has 28 heavy (non-hydrogen) atoms. The number of hydrogen-bond acceptors (Lipinski definition) is 3. The van der Waals surface area contributed by atoms with Crippen LogP contribution in [0.15, 0.2) is 42.7 Å². The van der Waals surface area contributed by atoms with Gasteiger partial charge in [-0.05, 0) is 25.2 Å². The van der Waals surface area contributed by atoms with E-state index >= 15 is 0 Å². The lowest BCUT2D eigenvalue weighted by Crippen LogP contribution is -2.42. The molecule has 2 rings (SSSR count). The molecule has 1 heterocycles. The van der Waals surface area contributed by atoms with Crippen molar-refractivity contribution in [3.63, 3.8) is 0 Å². The van der Waals surface area contributed by atoms with Gasteiger partial charge in [-0.15, -0.1) is 0 Å². The SMILES string of the molecule is CC(C)CCCC(C)CCCC(C)(O)C(O)Cn1ccnc1-c1ccccc1. The fourth-order valence-corrected chi connectivity index (χ4v) is 3.68. The third-order valence-corrected chi connectivity index (χ3v) is 5.69. The zero-order valence-electron chi connectivity index (χ0n) is 18.0. The molecule has 0 saturated heterocycles. The Kier molecular flexibility index (Phi) is 8.71. The average molecular weight is 387 g/mol. The summed E-state index contributed by atoms with van der Waals surface area (Å²) >= 11 is 0. The number of imidazole rings is 1. The Labute approximate surface area is 170 Å². The van der Waals surface area contributed by atoms with Crippen molar-refractivity contribution in [1.82, 2.24) is 9.55 Å². The average Bonchev–Trinajstić information content (AvgIpc) is 3.10. The summed E-state index contributed by atoms with van der Waals surface area (Å²) in [6.45, 7) is 8.92. The summed E-state index contributed by atoms with van der Waals surface area (Å²) in [7, 11) is 0. The second kappa shape index (κ2) is 10.8. The van der Waals surface area contributed by atoms with Crippen LogP contribution in [-0.4, -0.2) is 31.5 Å². The molecule has 1 aromatic heterocycles. The maximum atomic E-state index is 10.8. The molecule has 2 N–H and O–H groups in total. The Morgan fingerprint density at radius 3 is 2.39 bits per heavy atom. The lowest BCUT2D eigenvalue weighted by molar-refractivity contribution is -0.0750. The fraction of sp³-hybridized carbons (Fsp3) is 0.625. The maximum absolute atomic E-state index is 10.8. The van der Waals surface area contributed by atoms with Crippen molar-refractivity contribution in [3.8, 4) is 11.4 Å². The van der Waals surface area contributed by atoms with E-state index in [1.807, 2.05) is 41.1 Å². The van der Waals surface area contributed by atoms with Crippen LogP contribution in [0.1, 0.15) is 66.2 Å². The van der Waals surface area contributed by atoms with Gasteiger partial charge in [-0.3, -0.25) is 0 Å². The third-order valence-electron chi connectivity index (χ3n) is 5.69. The standard InChI is InChI=1S/C24H38N2O2/c1-19(2)10-8-11-20(3)12-9-15-24(4,28)22(27)18-26-17-16-25-23(26)21-13-6-5-7-14-21/h5-7,13-14,16-17,19-20,22,27-28H,8-12,15,18H2,1-4H3. The first-order valence-electron chi connectivity index (χ1n) is 10.8. The smallest absolute Gasteiger partial charge is 0.139 e. The van der Waals surface area contributed by atoms with Gasteiger partial charge in [0.1, 0.15) is 11.9 Å². The number of benzene rings is 1. The number of aliphatic hydroxyl groups excluding tert-OH is 1. The minimum Gasteiger partial charge on any atom is -0.388 e. The molecule has 0 saturated carbocycles. The predicted octanol–water partition coefficient (Wildman–Crippen LogP) is 5.29. The van der Waals surface area contributed by atoms with Crippen molar-refractivity contribution >= 4 is 0 Å². The number of nitrogens with zero attached hydrogens (tertiary/aromatic N) is 2. The van der Waals surface area contributed by atoms with Crippen LogP contribution in [0.5, 0.6) is 0 Å². The second-order valence-corrected chi connectivity index (χ2v) is 8.96. The summed E-state index contributed by atoms with van der Waals surface area (Å²) < 4.78 is 1.92. The summed E-state index contributed by atoms with van der Waals surface area (Å²) in [6.07, 6.45) is 9.22. The number of aliphatic hydroxyl groups is 2. The van der Waals surface area contributed by atoms with Gasteiger partial charge in [0.05, 0.1) is 12.1 Å². The van der Waals surface area contributed by atoms with Crippen molar-refractivity contribution in [2.75, 3.05) is 0 Å². The molecule has 3 atom stereocenters. The molecule has 1 aromatic carbocycles. The van der Waals surface area contributed by atoms with Gasteiger partial charge in [-0.25, -0.2) is 4.98 Å². The van der Waals surface area contributed by atoms with E-state index in [1.165, 1.54) is 19.3 Å². The Bertz CT molecular complexity index is 679. The van der Waals surface area contributed by atoms with Crippen LogP contribution in [0.25, 0.3) is 11.4 Å². The zero-order valence-corrected chi connectivity index (χ0v) is 18.0. The molecule has 0 aliphatic rings. The topological polar surface area (TPSA) is 58.3 Å². The molecule has 0 aliphatic heterocycles. The monoisotopic (exact) mass is 386 g/mol. The van der Waals surface area contributed by atoms with E-state index in [2.05, 4.69) is 25.8 Å². The molecule has 4 nitrogen and oxygen atoms in total. The summed E-state index contributed by atoms with van der Waals surface area (Å²) in [4.78, 5) is 4.42. The molecule has 0 spiro atoms. The van der Waals surface area contributed by atoms with E-state index in [-0.39, 0.29) is 0 Å². The molecule has 0 amide bonds. The van der Waals surface area contributed by atoms with Crippen LogP contribution in [-0.2, 0) is 6.54 Å². The second-order valence-electron chi connectivity index (χ2n) is 8.96. The number of aromatic nitrogens is 2. The Morgan fingerprint density at radius 1 is 1.04 bits per heavy atom. The fourth-order valence-electron chi connectivity index (χ4n) is 3.68. The summed E-state index contributed by atoms with van der Waals surface area (Å²) in [5.74, 6) is 2.26. The van der Waals surface area contributed by atoms with Crippen molar-refractivity contribution < 1.29 is 10.2 Å². The lowest BCUT2D eigenvalue weighted by Gasteiger charge is -2.30. The molecule has 0 aliphatic carbocycles. The highest BCUT2D eigenvalue weighted by molar-refractivity contribution is 5.55. The van der Waals surface area contributed by atoms with Crippen LogP contribution in [0.3, 0.4) is 0 Å². The Hall–Kier alpha value is -1.65. The molecule has 156 valence electrons. The first kappa shape index (κ1) is 22.6. The normalized spacial score (nSPS) is 16.1. The molecular weight excluding hydrogens is 348 g/mol. The van der Waals surface area contributed by atoms with Crippen molar-refractivity contribution in [1.29, 1.82) is 0 Å². The Balaban J connectivity index is 1.83. The van der Waals surface area contributed by atoms with Gasteiger partial charge in [0, 0.05) is 18.0 Å². The molecule has 0 fully saturated rings. The van der Waals surface area contributed by atoms with Gasteiger partial charge in [0.2, 0.25) is 0 Å². The highest BCUT2D eigenvalue weighted by Crippen LogP contribution is 2.25. The van der Waals surface area contributed by atoms with Gasteiger partial charge in [-0.2, -0.15) is 0 Å². The van der Waals surface area contributed by atoms with Crippen molar-refractivity contribution in [2.24, 2.45) is 11.8 Å². The first-order chi connectivity index (χ1) is 13.3. The van der Waals surface area contributed by atoms with Gasteiger partial charge in [0.15, 0.2) is 0 Å². The highest BCUT2D eigenvalue weighted by Gasteiger charge is 2.30. The molecule has 4 heteroatoms. The minimum atomic E-state index is -1.10. The van der Waals surface area contributed by atoms with Crippen LogP contribution < -0.4 is 0 Å². The number of hydrogen-bond donors (Lipinski definition) is 2. The van der Waals surface area contributed by atoms with E-state index in [0.29, 0.717) is 18.9 Å². The number of rotatable bonds is 12. The van der Waals surface area contributed by atoms with Crippen LogP contribution in [0.4, 0.5) is 0 Å². The summed E-state index contributed by atoms with van der Waals surface area (Å²) in [5.41, 5.74) is -0.0925. The van der Waals surface area contributed by atoms with Gasteiger partial charge >= 0.3 is 0 Å². The highest BCUT2D eigenvalue weighted by atomic mass is 16.3. The van der Waals surface area contributed by atoms with E-state index in [1.54, 1.807) is 13.1 Å². The Morgan fingerprint density at radius 2 is 1.71 bits per heavy atom. The maximum Gasteiger partial charge on any atom is 0.139 e. The van der Waals surface area contributed by atoms with Crippen LogP contribution >= 0.6 is 0 Å². The lowest BCUT2D eigenvalue weighted by atomic mass is 9.89. The van der Waals surface area contributed by atoms with Gasteiger partial charge < -0.3 is 14.8 Å². The van der Waals surface area contributed by atoms with Gasteiger partial charge in [0.25, 0.3) is 0 Å². The van der Waals surface area contributed by atoms with Crippen LogP contribution in [0, 0.1) is 11.8 Å². The first-order valence-corrected chi connectivity index (χ1v) is 10.8. The largest absolute Gasteiger partial charge is 0.388 e.